The van der Waals surface area contributed by atoms with Crippen LogP contribution >= 0.6 is 0 Å². The number of anilines is 2. The Bertz CT molecular complexity index is 843. The molecule has 0 radical (unpaired) electrons. The van der Waals surface area contributed by atoms with Gasteiger partial charge in [0.25, 0.3) is 5.91 Å². The molecule has 0 fully saturated rings. The highest BCUT2D eigenvalue weighted by molar-refractivity contribution is 5.96. The van der Waals surface area contributed by atoms with Gasteiger partial charge in [-0.3, -0.25) is 9.59 Å². The minimum Gasteiger partial charge on any atom is -0.507 e. The monoisotopic (exact) mass is 382 g/mol. The third kappa shape index (κ3) is 5.57. The third-order valence-corrected chi connectivity index (χ3v) is 4.26. The van der Waals surface area contributed by atoms with Gasteiger partial charge in [-0.05, 0) is 50.2 Å². The Morgan fingerprint density at radius 2 is 1.75 bits per heavy atom. The van der Waals surface area contributed by atoms with Gasteiger partial charge in [-0.25, -0.2) is 5.43 Å². The van der Waals surface area contributed by atoms with Crippen molar-refractivity contribution in [3.63, 3.8) is 0 Å². The molecule has 7 heteroatoms. The molecule has 0 atom stereocenters. The average molecular weight is 382 g/mol. The number of aromatic hydroxyl groups is 1. The Balaban J connectivity index is 1.98. The molecule has 28 heavy (non-hydrogen) atoms. The van der Waals surface area contributed by atoms with Gasteiger partial charge in [0.15, 0.2) is 0 Å². The number of hydrazone groups is 1. The first-order valence-electron chi connectivity index (χ1n) is 9.29. The van der Waals surface area contributed by atoms with Crippen LogP contribution in [0.4, 0.5) is 11.4 Å². The maximum atomic E-state index is 12.1. The van der Waals surface area contributed by atoms with E-state index in [2.05, 4.69) is 34.6 Å². The van der Waals surface area contributed by atoms with Crippen LogP contribution in [0.15, 0.2) is 47.6 Å². The smallest absolute Gasteiger partial charge is 0.271 e. The number of nitrogens with one attached hydrogen (secondary N) is 2. The van der Waals surface area contributed by atoms with Crippen LogP contribution in [0.3, 0.4) is 0 Å². The quantitative estimate of drug-likeness (QED) is 0.482. The predicted molar refractivity (Wildman–Crippen MR) is 112 cm³/mol. The topological polar surface area (TPSA) is 94.0 Å². The highest BCUT2D eigenvalue weighted by Crippen LogP contribution is 2.23. The summed E-state index contributed by atoms with van der Waals surface area (Å²) in [5.41, 5.74) is 4.90. The minimum atomic E-state index is -0.385. The molecule has 2 aromatic carbocycles. The van der Waals surface area contributed by atoms with Crippen molar-refractivity contribution in [1.29, 1.82) is 0 Å². The van der Waals surface area contributed by atoms with Crippen LogP contribution < -0.4 is 15.6 Å². The lowest BCUT2D eigenvalue weighted by molar-refractivity contribution is -0.115. The molecule has 0 aliphatic heterocycles. The summed E-state index contributed by atoms with van der Waals surface area (Å²) < 4.78 is 0. The zero-order valence-corrected chi connectivity index (χ0v) is 16.4. The highest BCUT2D eigenvalue weighted by atomic mass is 16.3. The summed E-state index contributed by atoms with van der Waals surface area (Å²) in [6.45, 7) is 7.57. The molecule has 7 nitrogen and oxygen atoms in total. The average Bonchev–Trinajstić information content (AvgIpc) is 2.70. The van der Waals surface area contributed by atoms with Crippen molar-refractivity contribution in [2.45, 2.75) is 27.2 Å². The van der Waals surface area contributed by atoms with Gasteiger partial charge < -0.3 is 15.3 Å². The fourth-order valence-electron chi connectivity index (χ4n) is 2.61. The molecule has 0 unspecified atom stereocenters. The van der Waals surface area contributed by atoms with Crippen LogP contribution in [-0.4, -0.2) is 36.2 Å². The molecule has 0 aliphatic carbocycles. The van der Waals surface area contributed by atoms with Crippen LogP contribution in [0.2, 0.25) is 0 Å². The van der Waals surface area contributed by atoms with Gasteiger partial charge in [-0.2, -0.15) is 5.10 Å². The second-order valence-corrected chi connectivity index (χ2v) is 6.09. The molecular formula is C21H26N4O3. The second-order valence-electron chi connectivity index (χ2n) is 6.09. The van der Waals surface area contributed by atoms with Gasteiger partial charge >= 0.3 is 0 Å². The number of hydrogen-bond donors (Lipinski definition) is 3. The summed E-state index contributed by atoms with van der Waals surface area (Å²) in [5.74, 6) is -0.379. The molecule has 148 valence electrons. The van der Waals surface area contributed by atoms with Gasteiger partial charge in [0.1, 0.15) is 5.75 Å². The Morgan fingerprint density at radius 3 is 2.32 bits per heavy atom. The van der Waals surface area contributed by atoms with E-state index in [4.69, 9.17) is 0 Å². The number of amides is 2. The van der Waals surface area contributed by atoms with Crippen molar-refractivity contribution in [2.24, 2.45) is 5.10 Å². The number of hydrogen-bond acceptors (Lipinski definition) is 5. The zero-order valence-electron chi connectivity index (χ0n) is 16.4. The van der Waals surface area contributed by atoms with E-state index in [1.165, 1.54) is 6.21 Å². The van der Waals surface area contributed by atoms with Crippen molar-refractivity contribution in [3.05, 3.63) is 53.6 Å². The minimum absolute atomic E-state index is 0.0892. The third-order valence-electron chi connectivity index (χ3n) is 4.26. The van der Waals surface area contributed by atoms with E-state index < -0.39 is 0 Å². The Hall–Kier alpha value is -3.35. The van der Waals surface area contributed by atoms with Crippen molar-refractivity contribution >= 4 is 29.4 Å². The number of phenols is 1. The number of carbonyl (C=O) groups excluding carboxylic acids is 2. The lowest BCUT2D eigenvalue weighted by Crippen LogP contribution is -2.21. The number of rotatable bonds is 8. The molecule has 2 rings (SSSR count). The second kappa shape index (κ2) is 10.1. The molecule has 2 amide bonds. The van der Waals surface area contributed by atoms with E-state index in [0.717, 1.165) is 18.8 Å². The molecule has 0 bridgehead atoms. The van der Waals surface area contributed by atoms with E-state index in [0.29, 0.717) is 23.2 Å². The fraction of sp³-hybridized carbons (Fsp3) is 0.286. The molecule has 0 heterocycles. The Kier molecular flexibility index (Phi) is 7.56. The lowest BCUT2D eigenvalue weighted by atomic mass is 10.2. The molecule has 0 saturated heterocycles. The zero-order chi connectivity index (χ0) is 20.5. The first-order chi connectivity index (χ1) is 13.5. The summed E-state index contributed by atoms with van der Waals surface area (Å²) in [5, 5.41) is 16.8. The van der Waals surface area contributed by atoms with Gasteiger partial charge in [0.05, 0.1) is 6.21 Å². The number of nitrogens with zero attached hydrogens (tertiary/aromatic N) is 2. The fourth-order valence-corrected chi connectivity index (χ4v) is 2.61. The lowest BCUT2D eigenvalue weighted by Gasteiger charge is -2.21. The van der Waals surface area contributed by atoms with Crippen LogP contribution in [0.1, 0.15) is 43.1 Å². The predicted octanol–water partition coefficient (Wildman–Crippen LogP) is 3.35. The van der Waals surface area contributed by atoms with E-state index in [1.807, 2.05) is 6.07 Å². The van der Waals surface area contributed by atoms with Gasteiger partial charge in [-0.1, -0.05) is 6.92 Å². The summed E-state index contributed by atoms with van der Waals surface area (Å²) in [7, 11) is 0. The first kappa shape index (κ1) is 21.0. The molecule has 0 spiro atoms. The summed E-state index contributed by atoms with van der Waals surface area (Å²) >= 11 is 0. The molecule has 0 aliphatic rings. The molecule has 0 saturated carbocycles. The van der Waals surface area contributed by atoms with Gasteiger partial charge in [0, 0.05) is 48.1 Å². The maximum Gasteiger partial charge on any atom is 0.271 e. The van der Waals surface area contributed by atoms with Crippen molar-refractivity contribution in [2.75, 3.05) is 23.3 Å². The van der Waals surface area contributed by atoms with Gasteiger partial charge in [-0.15, -0.1) is 0 Å². The van der Waals surface area contributed by atoms with Crippen molar-refractivity contribution in [1.82, 2.24) is 5.43 Å². The van der Waals surface area contributed by atoms with Crippen LogP contribution in [-0.2, 0) is 4.79 Å². The number of benzene rings is 2. The number of phenolic OH excluding ortho intramolecular Hbond substituents is 1. The Labute approximate surface area is 165 Å². The standard InChI is InChI=1S/C21H26N4O3/c1-4-20(27)23-17-10-7-15(8-11-17)21(28)24-22-14-16-9-12-18(13-19(16)26)25(5-2)6-3/h7-14,26H,4-6H2,1-3H3,(H,23,27)(H,24,28)/b22-14+. The maximum absolute atomic E-state index is 12.1. The SMILES string of the molecule is CCC(=O)Nc1ccc(C(=O)N/N=C/c2ccc(N(CC)CC)cc2O)cc1. The first-order valence-corrected chi connectivity index (χ1v) is 9.29. The summed E-state index contributed by atoms with van der Waals surface area (Å²) in [6.07, 6.45) is 1.79. The van der Waals surface area contributed by atoms with E-state index in [-0.39, 0.29) is 17.6 Å². The molecule has 0 aromatic heterocycles. The normalized spacial score (nSPS) is 10.7. The van der Waals surface area contributed by atoms with E-state index in [9.17, 15) is 14.7 Å². The highest BCUT2D eigenvalue weighted by Gasteiger charge is 2.07. The molecule has 3 N–H and O–H groups in total. The molecular weight excluding hydrogens is 356 g/mol. The van der Waals surface area contributed by atoms with Crippen LogP contribution in [0.5, 0.6) is 5.75 Å². The van der Waals surface area contributed by atoms with Crippen molar-refractivity contribution in [3.8, 4) is 5.75 Å². The van der Waals surface area contributed by atoms with Crippen LogP contribution in [0.25, 0.3) is 0 Å². The van der Waals surface area contributed by atoms with E-state index >= 15 is 0 Å². The van der Waals surface area contributed by atoms with Crippen molar-refractivity contribution < 1.29 is 14.7 Å². The Morgan fingerprint density at radius 1 is 1.07 bits per heavy atom. The molecule has 2 aromatic rings. The number of carbonyl (C=O) groups is 2. The van der Waals surface area contributed by atoms with E-state index in [1.54, 1.807) is 43.3 Å². The van der Waals surface area contributed by atoms with Gasteiger partial charge in [0.2, 0.25) is 5.91 Å². The van der Waals surface area contributed by atoms with Crippen LogP contribution in [0, 0.1) is 0 Å². The largest absolute Gasteiger partial charge is 0.507 e. The summed E-state index contributed by atoms with van der Waals surface area (Å²) in [6, 6.07) is 11.9. The summed E-state index contributed by atoms with van der Waals surface area (Å²) in [4.78, 5) is 25.6.